The van der Waals surface area contributed by atoms with Gasteiger partial charge in [-0.25, -0.2) is 4.79 Å². The molecule has 3 nitrogen and oxygen atoms in total. The lowest BCUT2D eigenvalue weighted by Crippen LogP contribution is -2.40. The van der Waals surface area contributed by atoms with Gasteiger partial charge in [0.2, 0.25) is 0 Å². The highest BCUT2D eigenvalue weighted by Crippen LogP contribution is 2.38. The maximum absolute atomic E-state index is 12.3. The molecule has 3 rings (SSSR count). The van der Waals surface area contributed by atoms with Crippen molar-refractivity contribution in [2.24, 2.45) is 0 Å². The first-order valence-corrected chi connectivity index (χ1v) is 9.75. The third-order valence-electron chi connectivity index (χ3n) is 4.28. The van der Waals surface area contributed by atoms with E-state index in [0.717, 1.165) is 17.6 Å². The average Bonchev–Trinajstić information content (AvgIpc) is 3.02. The fraction of sp³-hybridized carbons (Fsp3) is 0.562. The molecule has 21 heavy (non-hydrogen) atoms. The van der Waals surface area contributed by atoms with Gasteiger partial charge >= 0.3 is 6.03 Å². The fourth-order valence-corrected chi connectivity index (χ4v) is 5.26. The number of carbonyl (C=O) groups is 1. The predicted octanol–water partition coefficient (Wildman–Crippen LogP) is 3.63. The molecule has 0 bridgehead atoms. The first kappa shape index (κ1) is 15.2. The molecule has 2 heterocycles. The molecule has 0 spiro atoms. The van der Waals surface area contributed by atoms with E-state index in [1.807, 2.05) is 30.0 Å². The second kappa shape index (κ2) is 7.05. The molecule has 0 saturated carbocycles. The molecule has 5 heteroatoms. The van der Waals surface area contributed by atoms with E-state index >= 15 is 0 Å². The van der Waals surface area contributed by atoms with Crippen LogP contribution in [-0.4, -0.2) is 39.3 Å². The number of benzene rings is 1. The van der Waals surface area contributed by atoms with Crippen LogP contribution >= 0.6 is 27.7 Å². The van der Waals surface area contributed by atoms with Gasteiger partial charge in [-0.3, -0.25) is 0 Å². The molecule has 2 amide bonds. The van der Waals surface area contributed by atoms with Crippen LogP contribution in [0.2, 0.25) is 0 Å². The minimum absolute atomic E-state index is 0.111. The van der Waals surface area contributed by atoms with Crippen LogP contribution in [-0.2, 0) is 6.54 Å². The maximum Gasteiger partial charge on any atom is 0.318 e. The zero-order valence-electron chi connectivity index (χ0n) is 12.0. The standard InChI is InChI=1S/C16H21BrN2OS/c17-9-5-4-8-14-15-13(11-21-14)18-16(20)19(15)10-12-6-2-1-3-7-12/h1-3,6-7,13-15H,4-5,8-11H2,(H,18,20). The Morgan fingerprint density at radius 3 is 2.86 bits per heavy atom. The first-order valence-electron chi connectivity index (χ1n) is 7.58. The normalized spacial score (nSPS) is 27.8. The quantitative estimate of drug-likeness (QED) is 0.472. The number of hydrogen-bond acceptors (Lipinski definition) is 2. The third kappa shape index (κ3) is 3.39. The molecule has 1 aromatic carbocycles. The van der Waals surface area contributed by atoms with Gasteiger partial charge in [0.1, 0.15) is 0 Å². The summed E-state index contributed by atoms with van der Waals surface area (Å²) < 4.78 is 0. The summed E-state index contributed by atoms with van der Waals surface area (Å²) in [6.07, 6.45) is 3.66. The summed E-state index contributed by atoms with van der Waals surface area (Å²) in [5.41, 5.74) is 1.21. The van der Waals surface area contributed by atoms with Crippen molar-refractivity contribution >= 4 is 33.7 Å². The van der Waals surface area contributed by atoms with Crippen molar-refractivity contribution in [3.63, 3.8) is 0 Å². The predicted molar refractivity (Wildman–Crippen MR) is 92.0 cm³/mol. The molecule has 0 aliphatic carbocycles. The fourth-order valence-electron chi connectivity index (χ4n) is 3.26. The molecular formula is C16H21BrN2OS. The van der Waals surface area contributed by atoms with Gasteiger partial charge in [0.15, 0.2) is 0 Å². The van der Waals surface area contributed by atoms with Crippen molar-refractivity contribution in [1.29, 1.82) is 0 Å². The Kier molecular flexibility index (Phi) is 5.11. The smallest absolute Gasteiger partial charge is 0.318 e. The molecule has 3 atom stereocenters. The largest absolute Gasteiger partial charge is 0.332 e. The van der Waals surface area contributed by atoms with E-state index in [9.17, 15) is 4.79 Å². The Balaban J connectivity index is 1.68. The number of unbranched alkanes of at least 4 members (excludes halogenated alkanes) is 1. The lowest BCUT2D eigenvalue weighted by molar-refractivity contribution is 0.197. The van der Waals surface area contributed by atoms with Crippen molar-refractivity contribution in [2.45, 2.75) is 43.1 Å². The Bertz CT molecular complexity index is 484. The van der Waals surface area contributed by atoms with E-state index in [2.05, 4.69) is 38.3 Å². The van der Waals surface area contributed by atoms with Crippen LogP contribution in [0.5, 0.6) is 0 Å². The van der Waals surface area contributed by atoms with Gasteiger partial charge < -0.3 is 10.2 Å². The molecule has 1 N–H and O–H groups in total. The molecule has 2 fully saturated rings. The van der Waals surface area contributed by atoms with E-state index in [0.29, 0.717) is 17.3 Å². The van der Waals surface area contributed by atoms with E-state index in [1.165, 1.54) is 24.8 Å². The zero-order chi connectivity index (χ0) is 14.7. The summed E-state index contributed by atoms with van der Waals surface area (Å²) in [5, 5.41) is 4.82. The van der Waals surface area contributed by atoms with Crippen LogP contribution in [0.25, 0.3) is 0 Å². The number of hydrogen-bond donors (Lipinski definition) is 1. The van der Waals surface area contributed by atoms with Crippen molar-refractivity contribution < 1.29 is 4.79 Å². The van der Waals surface area contributed by atoms with Crippen LogP contribution in [0.15, 0.2) is 30.3 Å². The minimum atomic E-state index is 0.111. The molecule has 3 unspecified atom stereocenters. The highest BCUT2D eigenvalue weighted by Gasteiger charge is 2.47. The summed E-state index contributed by atoms with van der Waals surface area (Å²) in [7, 11) is 0. The number of fused-ring (bicyclic) bond motifs is 1. The van der Waals surface area contributed by atoms with Crippen molar-refractivity contribution in [3.05, 3.63) is 35.9 Å². The molecule has 2 saturated heterocycles. The third-order valence-corrected chi connectivity index (χ3v) is 6.34. The topological polar surface area (TPSA) is 32.3 Å². The Morgan fingerprint density at radius 1 is 1.29 bits per heavy atom. The highest BCUT2D eigenvalue weighted by atomic mass is 79.9. The lowest BCUT2D eigenvalue weighted by atomic mass is 10.0. The lowest BCUT2D eigenvalue weighted by Gasteiger charge is -2.27. The van der Waals surface area contributed by atoms with Gasteiger partial charge in [-0.15, -0.1) is 0 Å². The van der Waals surface area contributed by atoms with Crippen molar-refractivity contribution in [2.75, 3.05) is 11.1 Å². The number of alkyl halides is 1. The maximum atomic E-state index is 12.3. The van der Waals surface area contributed by atoms with Crippen LogP contribution in [0, 0.1) is 0 Å². The number of carbonyl (C=O) groups excluding carboxylic acids is 1. The van der Waals surface area contributed by atoms with E-state index in [1.54, 1.807) is 0 Å². The molecule has 2 aliphatic rings. The van der Waals surface area contributed by atoms with Crippen LogP contribution < -0.4 is 5.32 Å². The van der Waals surface area contributed by atoms with Crippen LogP contribution in [0.3, 0.4) is 0 Å². The SMILES string of the molecule is O=C1NC2CSC(CCCCBr)C2N1Cc1ccccc1. The van der Waals surface area contributed by atoms with Gasteiger partial charge in [-0.05, 0) is 18.4 Å². The Labute approximate surface area is 139 Å². The summed E-state index contributed by atoms with van der Waals surface area (Å²) in [6.45, 7) is 0.726. The molecule has 1 aromatic rings. The second-order valence-corrected chi connectivity index (χ2v) is 7.78. The van der Waals surface area contributed by atoms with Gasteiger partial charge in [-0.2, -0.15) is 11.8 Å². The number of amides is 2. The summed E-state index contributed by atoms with van der Waals surface area (Å²) in [5.74, 6) is 1.06. The van der Waals surface area contributed by atoms with Gasteiger partial charge in [0.25, 0.3) is 0 Å². The summed E-state index contributed by atoms with van der Waals surface area (Å²) in [4.78, 5) is 14.3. The van der Waals surface area contributed by atoms with Crippen molar-refractivity contribution in [3.8, 4) is 0 Å². The van der Waals surface area contributed by atoms with Crippen LogP contribution in [0.4, 0.5) is 4.79 Å². The first-order chi connectivity index (χ1) is 10.3. The average molecular weight is 369 g/mol. The molecule has 0 radical (unpaired) electrons. The monoisotopic (exact) mass is 368 g/mol. The zero-order valence-corrected chi connectivity index (χ0v) is 14.4. The number of thioether (sulfide) groups is 1. The number of halogens is 1. The van der Waals surface area contributed by atoms with Gasteiger partial charge in [-0.1, -0.05) is 52.7 Å². The van der Waals surface area contributed by atoms with E-state index in [-0.39, 0.29) is 6.03 Å². The van der Waals surface area contributed by atoms with Gasteiger partial charge in [0, 0.05) is 22.9 Å². The summed E-state index contributed by atoms with van der Waals surface area (Å²) in [6, 6.07) is 11.1. The molecular weight excluding hydrogens is 348 g/mol. The molecule has 114 valence electrons. The van der Waals surface area contributed by atoms with Gasteiger partial charge in [0.05, 0.1) is 12.1 Å². The van der Waals surface area contributed by atoms with E-state index < -0.39 is 0 Å². The Hall–Kier alpha value is -0.680. The number of urea groups is 1. The highest BCUT2D eigenvalue weighted by molar-refractivity contribution is 9.09. The Morgan fingerprint density at radius 2 is 2.10 bits per heavy atom. The second-order valence-electron chi connectivity index (χ2n) is 5.72. The number of nitrogens with one attached hydrogen (secondary N) is 1. The summed E-state index contributed by atoms with van der Waals surface area (Å²) >= 11 is 5.53. The van der Waals surface area contributed by atoms with Crippen LogP contribution in [0.1, 0.15) is 24.8 Å². The van der Waals surface area contributed by atoms with E-state index in [4.69, 9.17) is 0 Å². The van der Waals surface area contributed by atoms with Crippen molar-refractivity contribution in [1.82, 2.24) is 10.2 Å². The molecule has 0 aromatic heterocycles. The number of rotatable bonds is 6. The number of nitrogens with zero attached hydrogens (tertiary/aromatic N) is 1. The minimum Gasteiger partial charge on any atom is -0.332 e. The molecule has 2 aliphatic heterocycles.